The first kappa shape index (κ1) is 15.5. The van der Waals surface area contributed by atoms with E-state index in [-0.39, 0.29) is 12.1 Å². The highest BCUT2D eigenvalue weighted by Crippen LogP contribution is 2.26. The zero-order valence-corrected chi connectivity index (χ0v) is 13.6. The molecular weight excluding hydrogens is 284 g/mol. The van der Waals surface area contributed by atoms with E-state index in [1.807, 2.05) is 55.1 Å². The lowest BCUT2D eigenvalue weighted by Crippen LogP contribution is -2.44. The third-order valence-corrected chi connectivity index (χ3v) is 4.43. The molecule has 1 atom stereocenters. The SMILES string of the molecule is CC1=C(C)C(NCc2ccccc2)N(Cc2ccccc2)C1=O. The lowest BCUT2D eigenvalue weighted by molar-refractivity contribution is -0.128. The van der Waals surface area contributed by atoms with Gasteiger partial charge in [0.15, 0.2) is 0 Å². The molecule has 1 amide bonds. The number of amides is 1. The Kier molecular flexibility index (Phi) is 4.58. The predicted molar refractivity (Wildman–Crippen MR) is 92.4 cm³/mol. The van der Waals surface area contributed by atoms with Gasteiger partial charge in [-0.05, 0) is 30.5 Å². The quantitative estimate of drug-likeness (QED) is 0.917. The Hall–Kier alpha value is -2.39. The van der Waals surface area contributed by atoms with Crippen LogP contribution in [0.1, 0.15) is 25.0 Å². The minimum Gasteiger partial charge on any atom is -0.315 e. The third-order valence-electron chi connectivity index (χ3n) is 4.43. The van der Waals surface area contributed by atoms with E-state index < -0.39 is 0 Å². The van der Waals surface area contributed by atoms with Crippen molar-refractivity contribution in [3.8, 4) is 0 Å². The highest BCUT2D eigenvalue weighted by Gasteiger charge is 2.34. The second-order valence-corrected chi connectivity index (χ2v) is 6.00. The topological polar surface area (TPSA) is 32.3 Å². The fraction of sp³-hybridized carbons (Fsp3) is 0.250. The van der Waals surface area contributed by atoms with Gasteiger partial charge in [-0.1, -0.05) is 60.7 Å². The summed E-state index contributed by atoms with van der Waals surface area (Å²) in [5.74, 6) is 0.122. The number of carbonyl (C=O) groups is 1. The van der Waals surface area contributed by atoms with Crippen molar-refractivity contribution in [2.45, 2.75) is 33.1 Å². The molecule has 3 nitrogen and oxygen atoms in total. The van der Waals surface area contributed by atoms with Crippen LogP contribution >= 0.6 is 0 Å². The molecule has 2 aromatic rings. The van der Waals surface area contributed by atoms with E-state index in [4.69, 9.17) is 0 Å². The number of nitrogens with one attached hydrogen (secondary N) is 1. The first-order valence-electron chi connectivity index (χ1n) is 7.96. The summed E-state index contributed by atoms with van der Waals surface area (Å²) < 4.78 is 0. The van der Waals surface area contributed by atoms with Gasteiger partial charge in [0.05, 0.1) is 0 Å². The molecule has 2 aromatic carbocycles. The second kappa shape index (κ2) is 6.80. The molecule has 0 saturated heterocycles. The summed E-state index contributed by atoms with van der Waals surface area (Å²) in [6.45, 7) is 5.33. The number of benzene rings is 2. The molecule has 0 saturated carbocycles. The lowest BCUT2D eigenvalue weighted by atomic mass is 10.1. The molecule has 0 bridgehead atoms. The summed E-state index contributed by atoms with van der Waals surface area (Å²) in [6.07, 6.45) is -0.0390. The van der Waals surface area contributed by atoms with Crippen molar-refractivity contribution in [2.75, 3.05) is 0 Å². The molecule has 1 aliphatic heterocycles. The fourth-order valence-corrected chi connectivity index (χ4v) is 2.96. The van der Waals surface area contributed by atoms with E-state index in [0.717, 1.165) is 23.3 Å². The second-order valence-electron chi connectivity index (χ2n) is 6.00. The first-order valence-corrected chi connectivity index (χ1v) is 7.96. The normalized spacial score (nSPS) is 17.9. The van der Waals surface area contributed by atoms with Crippen LogP contribution in [0.2, 0.25) is 0 Å². The average molecular weight is 306 g/mol. The molecule has 0 radical (unpaired) electrons. The van der Waals surface area contributed by atoms with Crippen LogP contribution < -0.4 is 5.32 Å². The van der Waals surface area contributed by atoms with E-state index in [1.165, 1.54) is 5.56 Å². The maximum absolute atomic E-state index is 12.6. The van der Waals surface area contributed by atoms with Crippen molar-refractivity contribution in [2.24, 2.45) is 0 Å². The van der Waals surface area contributed by atoms with E-state index in [0.29, 0.717) is 6.54 Å². The number of hydrogen-bond donors (Lipinski definition) is 1. The van der Waals surface area contributed by atoms with Crippen molar-refractivity contribution in [3.05, 3.63) is 82.9 Å². The molecule has 0 aliphatic carbocycles. The summed E-state index contributed by atoms with van der Waals surface area (Å²) in [5.41, 5.74) is 4.33. The van der Waals surface area contributed by atoms with Crippen molar-refractivity contribution in [3.63, 3.8) is 0 Å². The molecule has 0 spiro atoms. The van der Waals surface area contributed by atoms with E-state index in [9.17, 15) is 4.79 Å². The van der Waals surface area contributed by atoms with Crippen LogP contribution in [0.4, 0.5) is 0 Å². The minimum atomic E-state index is -0.0390. The van der Waals surface area contributed by atoms with Crippen molar-refractivity contribution < 1.29 is 4.79 Å². The maximum Gasteiger partial charge on any atom is 0.251 e. The number of rotatable bonds is 5. The smallest absolute Gasteiger partial charge is 0.251 e. The molecule has 0 aromatic heterocycles. The van der Waals surface area contributed by atoms with Crippen LogP contribution in [0.3, 0.4) is 0 Å². The minimum absolute atomic E-state index is 0.0390. The van der Waals surface area contributed by atoms with Gasteiger partial charge in [0, 0.05) is 18.7 Å². The Morgan fingerprint density at radius 3 is 2.09 bits per heavy atom. The zero-order valence-electron chi connectivity index (χ0n) is 13.6. The van der Waals surface area contributed by atoms with E-state index >= 15 is 0 Å². The van der Waals surface area contributed by atoms with Gasteiger partial charge in [0.2, 0.25) is 0 Å². The van der Waals surface area contributed by atoms with E-state index in [1.54, 1.807) is 0 Å². The Morgan fingerprint density at radius 1 is 0.913 bits per heavy atom. The summed E-state index contributed by atoms with van der Waals surface area (Å²) in [4.78, 5) is 14.5. The molecule has 0 fully saturated rings. The fourth-order valence-electron chi connectivity index (χ4n) is 2.96. The predicted octanol–water partition coefficient (Wildman–Crippen LogP) is 3.48. The van der Waals surface area contributed by atoms with Crippen LogP contribution in [0, 0.1) is 0 Å². The molecule has 3 rings (SSSR count). The Bertz CT molecular complexity index is 707. The monoisotopic (exact) mass is 306 g/mol. The highest BCUT2D eigenvalue weighted by molar-refractivity contribution is 5.96. The number of carbonyl (C=O) groups excluding carboxylic acids is 1. The van der Waals surface area contributed by atoms with E-state index in [2.05, 4.69) is 29.6 Å². The average Bonchev–Trinajstić information content (AvgIpc) is 2.79. The Balaban J connectivity index is 1.75. The summed E-state index contributed by atoms with van der Waals surface area (Å²) in [7, 11) is 0. The molecule has 1 N–H and O–H groups in total. The van der Waals surface area contributed by atoms with Gasteiger partial charge in [-0.2, -0.15) is 0 Å². The van der Waals surface area contributed by atoms with Gasteiger partial charge in [0.25, 0.3) is 5.91 Å². The van der Waals surface area contributed by atoms with Crippen LogP contribution in [-0.4, -0.2) is 17.0 Å². The molecular formula is C20H22N2O. The molecule has 3 heteroatoms. The van der Waals surface area contributed by atoms with Gasteiger partial charge in [0.1, 0.15) is 6.17 Å². The van der Waals surface area contributed by atoms with Gasteiger partial charge in [-0.15, -0.1) is 0 Å². The van der Waals surface area contributed by atoms with Gasteiger partial charge >= 0.3 is 0 Å². The van der Waals surface area contributed by atoms with Gasteiger partial charge in [-0.25, -0.2) is 0 Å². The molecule has 23 heavy (non-hydrogen) atoms. The lowest BCUT2D eigenvalue weighted by Gasteiger charge is -2.27. The Labute approximate surface area is 137 Å². The maximum atomic E-state index is 12.6. The Morgan fingerprint density at radius 2 is 1.48 bits per heavy atom. The van der Waals surface area contributed by atoms with Crippen LogP contribution in [0.5, 0.6) is 0 Å². The van der Waals surface area contributed by atoms with Gasteiger partial charge < -0.3 is 4.90 Å². The van der Waals surface area contributed by atoms with Gasteiger partial charge in [-0.3, -0.25) is 10.1 Å². The van der Waals surface area contributed by atoms with Crippen LogP contribution in [0.15, 0.2) is 71.8 Å². The number of hydrogen-bond acceptors (Lipinski definition) is 2. The van der Waals surface area contributed by atoms with Crippen molar-refractivity contribution >= 4 is 5.91 Å². The standard InChI is InChI=1S/C20H22N2O/c1-15-16(2)20(23)22(14-18-11-7-4-8-12-18)19(15)21-13-17-9-5-3-6-10-17/h3-12,19,21H,13-14H2,1-2H3. The van der Waals surface area contributed by atoms with Crippen molar-refractivity contribution in [1.29, 1.82) is 0 Å². The highest BCUT2D eigenvalue weighted by atomic mass is 16.2. The number of nitrogens with zero attached hydrogens (tertiary/aromatic N) is 1. The first-order chi connectivity index (χ1) is 11.2. The van der Waals surface area contributed by atoms with Crippen molar-refractivity contribution in [1.82, 2.24) is 10.2 Å². The van der Waals surface area contributed by atoms with Crippen LogP contribution in [0.25, 0.3) is 0 Å². The zero-order chi connectivity index (χ0) is 16.2. The van der Waals surface area contributed by atoms with Crippen LogP contribution in [-0.2, 0) is 17.9 Å². The summed E-state index contributed by atoms with van der Waals surface area (Å²) >= 11 is 0. The molecule has 1 unspecified atom stereocenters. The molecule has 1 heterocycles. The summed E-state index contributed by atoms with van der Waals surface area (Å²) in [6, 6.07) is 20.4. The largest absolute Gasteiger partial charge is 0.315 e. The third kappa shape index (κ3) is 3.35. The summed E-state index contributed by atoms with van der Waals surface area (Å²) in [5, 5.41) is 3.53. The molecule has 1 aliphatic rings. The molecule has 118 valence electrons.